The summed E-state index contributed by atoms with van der Waals surface area (Å²) >= 11 is 12.0. The van der Waals surface area contributed by atoms with Crippen molar-refractivity contribution < 1.29 is 13.5 Å². The third kappa shape index (κ3) is 5.34. The van der Waals surface area contributed by atoms with Gasteiger partial charge in [-0.2, -0.15) is 8.78 Å². The zero-order chi connectivity index (χ0) is 19.4. The lowest BCUT2D eigenvalue weighted by Crippen LogP contribution is -2.63. The second-order valence-electron chi connectivity index (χ2n) is 6.55. The summed E-state index contributed by atoms with van der Waals surface area (Å²) in [6.45, 7) is 3.47. The maximum Gasteiger partial charge on any atom is 0.387 e. The molecule has 6 nitrogen and oxygen atoms in total. The summed E-state index contributed by atoms with van der Waals surface area (Å²) in [5.74, 6) is 0.495. The molecule has 3 heterocycles. The molecule has 3 aliphatic heterocycles. The zero-order valence-corrected chi connectivity index (χ0v) is 16.5. The summed E-state index contributed by atoms with van der Waals surface area (Å²) in [6.07, 6.45) is 0. The minimum absolute atomic E-state index is 0.0441. The van der Waals surface area contributed by atoms with Gasteiger partial charge >= 0.3 is 6.61 Å². The van der Waals surface area contributed by atoms with E-state index in [-0.39, 0.29) is 17.3 Å². The maximum absolute atomic E-state index is 12.7. The number of benzene rings is 1. The molecule has 0 aliphatic carbocycles. The first-order valence-electron chi connectivity index (χ1n) is 8.80. The number of nitrogens with zero attached hydrogens (tertiary/aromatic N) is 3. The number of nitrogens with one attached hydrogen (secondary N) is 2. The Kier molecular flexibility index (Phi) is 6.97. The van der Waals surface area contributed by atoms with E-state index < -0.39 is 6.61 Å². The number of ether oxygens (including phenoxy) is 1. The van der Waals surface area contributed by atoms with Crippen molar-refractivity contribution in [2.45, 2.75) is 19.2 Å². The maximum atomic E-state index is 12.7. The molecule has 0 radical (unpaired) electrons. The predicted octanol–water partition coefficient (Wildman–Crippen LogP) is 2.26. The van der Waals surface area contributed by atoms with Gasteiger partial charge in [-0.1, -0.05) is 23.2 Å². The average Bonchev–Trinajstić information content (AvgIpc) is 2.65. The molecular formula is C17H23Cl2F2N5O. The van der Waals surface area contributed by atoms with E-state index in [1.807, 2.05) is 0 Å². The van der Waals surface area contributed by atoms with Gasteiger partial charge in [-0.05, 0) is 12.1 Å². The minimum Gasteiger partial charge on any atom is -0.433 e. The molecule has 27 heavy (non-hydrogen) atoms. The number of fused-ring (bicyclic) bond motifs is 3. The van der Waals surface area contributed by atoms with Crippen molar-refractivity contribution in [3.05, 3.63) is 27.7 Å². The van der Waals surface area contributed by atoms with Crippen molar-refractivity contribution in [3.8, 4) is 5.75 Å². The number of aliphatic imine (C=N–C) groups is 1. The van der Waals surface area contributed by atoms with Gasteiger partial charge in [0, 0.05) is 69.5 Å². The molecule has 0 spiro atoms. The van der Waals surface area contributed by atoms with E-state index in [0.29, 0.717) is 22.6 Å². The SMILES string of the molecule is CN=C(NCc1cc(Cl)cc(Cl)c1OC(F)F)NCC1CN2CCN1CC2. The molecule has 150 valence electrons. The molecule has 0 aromatic heterocycles. The Hall–Kier alpha value is -1.35. The lowest BCUT2D eigenvalue weighted by Gasteiger charge is -2.47. The summed E-state index contributed by atoms with van der Waals surface area (Å²) in [5, 5.41) is 6.79. The average molecular weight is 422 g/mol. The van der Waals surface area contributed by atoms with Gasteiger partial charge in [0.25, 0.3) is 0 Å². The van der Waals surface area contributed by atoms with Crippen LogP contribution in [0.5, 0.6) is 5.75 Å². The number of guanidine groups is 1. The van der Waals surface area contributed by atoms with Crippen LogP contribution >= 0.6 is 23.2 Å². The number of rotatable bonds is 6. The summed E-state index contributed by atoms with van der Waals surface area (Å²) in [7, 11) is 1.66. The van der Waals surface area contributed by atoms with E-state index in [4.69, 9.17) is 23.2 Å². The molecule has 3 aliphatic rings. The standard InChI is InChI=1S/C17H23Cl2F2N5O/c1-22-17(24-9-13-10-25-2-4-26(13)5-3-25)23-8-11-6-12(18)7-14(19)15(11)27-16(20)21/h6-7,13,16H,2-5,8-10H2,1H3,(H2,22,23,24). The van der Waals surface area contributed by atoms with Gasteiger partial charge in [-0.25, -0.2) is 0 Å². The Morgan fingerprint density at radius 2 is 2.00 bits per heavy atom. The molecule has 2 bridgehead atoms. The van der Waals surface area contributed by atoms with Gasteiger partial charge in [0.2, 0.25) is 0 Å². The summed E-state index contributed by atoms with van der Waals surface area (Å²) in [4.78, 5) is 9.13. The molecule has 3 saturated heterocycles. The van der Waals surface area contributed by atoms with Crippen LogP contribution in [0, 0.1) is 0 Å². The highest BCUT2D eigenvalue weighted by atomic mass is 35.5. The Balaban J connectivity index is 1.58. The van der Waals surface area contributed by atoms with Gasteiger partial charge < -0.3 is 15.4 Å². The summed E-state index contributed by atoms with van der Waals surface area (Å²) in [6, 6.07) is 3.36. The van der Waals surface area contributed by atoms with Crippen LogP contribution < -0.4 is 15.4 Å². The normalized spacial score (nSPS) is 25.0. The van der Waals surface area contributed by atoms with E-state index in [1.165, 1.54) is 6.07 Å². The van der Waals surface area contributed by atoms with E-state index in [2.05, 4.69) is 30.2 Å². The van der Waals surface area contributed by atoms with Crippen LogP contribution in [0.15, 0.2) is 17.1 Å². The molecule has 3 fully saturated rings. The van der Waals surface area contributed by atoms with E-state index in [0.717, 1.165) is 39.3 Å². The number of piperazine rings is 3. The molecule has 2 N–H and O–H groups in total. The Labute approximate surface area is 167 Å². The molecular weight excluding hydrogens is 399 g/mol. The van der Waals surface area contributed by atoms with Crippen LogP contribution in [0.3, 0.4) is 0 Å². The summed E-state index contributed by atoms with van der Waals surface area (Å²) in [5.41, 5.74) is 0.433. The fourth-order valence-corrected chi connectivity index (χ4v) is 4.08. The number of alkyl halides is 2. The Morgan fingerprint density at radius 3 is 2.59 bits per heavy atom. The molecule has 1 unspecified atom stereocenters. The zero-order valence-electron chi connectivity index (χ0n) is 15.0. The van der Waals surface area contributed by atoms with Gasteiger partial charge in [0.05, 0.1) is 5.02 Å². The Morgan fingerprint density at radius 1 is 1.26 bits per heavy atom. The van der Waals surface area contributed by atoms with Crippen molar-refractivity contribution >= 4 is 29.2 Å². The van der Waals surface area contributed by atoms with Gasteiger partial charge in [0.1, 0.15) is 5.75 Å². The first kappa shape index (κ1) is 20.4. The van der Waals surface area contributed by atoms with Crippen molar-refractivity contribution in [1.82, 2.24) is 20.4 Å². The highest BCUT2D eigenvalue weighted by Gasteiger charge is 2.31. The first-order valence-corrected chi connectivity index (χ1v) is 9.55. The van der Waals surface area contributed by atoms with E-state index >= 15 is 0 Å². The largest absolute Gasteiger partial charge is 0.433 e. The second-order valence-corrected chi connectivity index (χ2v) is 7.40. The van der Waals surface area contributed by atoms with Crippen molar-refractivity contribution in [3.63, 3.8) is 0 Å². The number of halogens is 4. The highest BCUT2D eigenvalue weighted by Crippen LogP contribution is 2.33. The third-order valence-corrected chi connectivity index (χ3v) is 5.36. The van der Waals surface area contributed by atoms with Gasteiger partial charge in [0.15, 0.2) is 5.96 Å². The lowest BCUT2D eigenvalue weighted by atomic mass is 10.1. The van der Waals surface area contributed by atoms with Crippen LogP contribution in [0.4, 0.5) is 8.78 Å². The molecule has 1 atom stereocenters. The highest BCUT2D eigenvalue weighted by molar-refractivity contribution is 6.35. The lowest BCUT2D eigenvalue weighted by molar-refractivity contribution is -0.0504. The van der Waals surface area contributed by atoms with Gasteiger partial charge in [-0.15, -0.1) is 0 Å². The smallest absolute Gasteiger partial charge is 0.387 e. The molecule has 0 saturated carbocycles. The third-order valence-electron chi connectivity index (χ3n) is 4.86. The van der Waals surface area contributed by atoms with Crippen LogP contribution in [0.2, 0.25) is 10.0 Å². The second kappa shape index (κ2) is 9.23. The molecule has 0 amide bonds. The number of hydrogen-bond acceptors (Lipinski definition) is 4. The molecule has 1 aromatic rings. The molecule has 4 rings (SSSR count). The van der Waals surface area contributed by atoms with E-state index in [1.54, 1.807) is 13.1 Å². The van der Waals surface area contributed by atoms with E-state index in [9.17, 15) is 8.78 Å². The van der Waals surface area contributed by atoms with Crippen LogP contribution in [-0.2, 0) is 6.54 Å². The first-order chi connectivity index (χ1) is 13.0. The molecule has 10 heteroatoms. The van der Waals surface area contributed by atoms with Crippen LogP contribution in [0.1, 0.15) is 5.56 Å². The van der Waals surface area contributed by atoms with Crippen molar-refractivity contribution in [1.29, 1.82) is 0 Å². The fourth-order valence-electron chi connectivity index (χ4n) is 3.50. The van der Waals surface area contributed by atoms with Crippen molar-refractivity contribution in [2.75, 3.05) is 46.3 Å². The van der Waals surface area contributed by atoms with Gasteiger partial charge in [-0.3, -0.25) is 14.8 Å². The Bertz CT molecular complexity index is 684. The summed E-state index contributed by atoms with van der Waals surface area (Å²) < 4.78 is 29.9. The fraction of sp³-hybridized carbons (Fsp3) is 0.588. The predicted molar refractivity (Wildman–Crippen MR) is 103 cm³/mol. The topological polar surface area (TPSA) is 52.1 Å². The molecule has 1 aromatic carbocycles. The van der Waals surface area contributed by atoms with Crippen LogP contribution in [-0.4, -0.2) is 74.7 Å². The monoisotopic (exact) mass is 421 g/mol. The number of hydrogen-bond donors (Lipinski definition) is 2. The van der Waals surface area contributed by atoms with Crippen molar-refractivity contribution in [2.24, 2.45) is 4.99 Å². The van der Waals surface area contributed by atoms with Crippen LogP contribution in [0.25, 0.3) is 0 Å². The minimum atomic E-state index is -2.97. The quantitative estimate of drug-likeness (QED) is 0.544.